The number of anilines is 1. The van der Waals surface area contributed by atoms with E-state index in [0.717, 1.165) is 24.3 Å². The monoisotopic (exact) mass is 463 g/mol. The van der Waals surface area contributed by atoms with Crippen molar-refractivity contribution in [3.05, 3.63) is 29.8 Å². The Balaban J connectivity index is 1.79. The first-order valence-electron chi connectivity index (χ1n) is 11.7. The summed E-state index contributed by atoms with van der Waals surface area (Å²) < 4.78 is 10.8. The molecule has 33 heavy (non-hydrogen) atoms. The number of piperazine rings is 1. The molecule has 8 nitrogen and oxygen atoms in total. The third-order valence-electron chi connectivity index (χ3n) is 5.45. The molecule has 1 fully saturated rings. The van der Waals surface area contributed by atoms with Gasteiger partial charge in [0, 0.05) is 37.8 Å². The van der Waals surface area contributed by atoms with Crippen molar-refractivity contribution in [3.8, 4) is 0 Å². The molecule has 1 aromatic rings. The number of β-amino-alcohol motifs (C(OH)–C–C–N with tert-alkyl or cyclic N) is 1. The normalized spacial score (nSPS) is 17.7. The molecule has 2 rings (SSSR count). The minimum atomic E-state index is -0.841. The van der Waals surface area contributed by atoms with Gasteiger partial charge in [0.1, 0.15) is 17.4 Å². The molecular weight excluding hydrogens is 422 g/mol. The number of esters is 1. The Kier molecular flexibility index (Phi) is 9.14. The van der Waals surface area contributed by atoms with E-state index in [1.807, 2.05) is 29.2 Å². The molecule has 8 heteroatoms. The van der Waals surface area contributed by atoms with Crippen molar-refractivity contribution >= 4 is 17.7 Å². The van der Waals surface area contributed by atoms with Gasteiger partial charge in [0.05, 0.1) is 6.54 Å². The van der Waals surface area contributed by atoms with Crippen molar-refractivity contribution in [1.29, 1.82) is 0 Å². The highest BCUT2D eigenvalue weighted by atomic mass is 16.6. The number of benzene rings is 1. The number of alkyl carbamates (subject to hydrolysis) is 1. The molecule has 186 valence electrons. The van der Waals surface area contributed by atoms with Crippen LogP contribution in [0.15, 0.2) is 24.3 Å². The zero-order valence-corrected chi connectivity index (χ0v) is 21.2. The standard InChI is InChI=1S/C25H41N3O5/c1-18(2)27-14-15-28(21(29)16-27)20-11-8-19(9-12-20)10-13-22(30)32-25(6,7)17-26-23(31)33-24(3,4)5/h8-9,11-12,18,21,29H,10,13-17H2,1-7H3,(H,26,31). The Hall–Kier alpha value is -2.32. The number of ether oxygens (including phenoxy) is 2. The Morgan fingerprint density at radius 1 is 1.09 bits per heavy atom. The van der Waals surface area contributed by atoms with Gasteiger partial charge >= 0.3 is 12.1 Å². The topological polar surface area (TPSA) is 91.3 Å². The second kappa shape index (κ2) is 11.2. The average molecular weight is 464 g/mol. The fraction of sp³-hybridized carbons (Fsp3) is 0.680. The van der Waals surface area contributed by atoms with Crippen LogP contribution in [0, 0.1) is 0 Å². The van der Waals surface area contributed by atoms with Crippen LogP contribution in [0.25, 0.3) is 0 Å². The summed E-state index contributed by atoms with van der Waals surface area (Å²) in [6, 6.07) is 8.37. The molecule has 1 amide bonds. The van der Waals surface area contributed by atoms with Crippen LogP contribution >= 0.6 is 0 Å². The average Bonchev–Trinajstić information content (AvgIpc) is 2.70. The van der Waals surface area contributed by atoms with Gasteiger partial charge in [0.2, 0.25) is 0 Å². The maximum atomic E-state index is 12.3. The number of aliphatic hydroxyl groups is 1. The number of hydrogen-bond donors (Lipinski definition) is 2. The van der Waals surface area contributed by atoms with E-state index in [4.69, 9.17) is 9.47 Å². The van der Waals surface area contributed by atoms with E-state index in [-0.39, 0.29) is 18.9 Å². The number of amides is 1. The second-order valence-electron chi connectivity index (χ2n) is 10.5. The van der Waals surface area contributed by atoms with E-state index in [1.54, 1.807) is 34.6 Å². The molecule has 1 saturated heterocycles. The summed E-state index contributed by atoms with van der Waals surface area (Å²) in [6.45, 7) is 15.6. The fourth-order valence-corrected chi connectivity index (χ4v) is 3.65. The Labute approximate surface area is 198 Å². The summed E-state index contributed by atoms with van der Waals surface area (Å²) in [7, 11) is 0. The van der Waals surface area contributed by atoms with Gasteiger partial charge in [-0.2, -0.15) is 0 Å². The highest BCUT2D eigenvalue weighted by Gasteiger charge is 2.27. The number of carbonyl (C=O) groups excluding carboxylic acids is 2. The van der Waals surface area contributed by atoms with Crippen LogP contribution < -0.4 is 10.2 Å². The molecule has 0 saturated carbocycles. The molecule has 1 atom stereocenters. The summed E-state index contributed by atoms with van der Waals surface area (Å²) in [5, 5.41) is 13.2. The molecule has 0 radical (unpaired) electrons. The van der Waals surface area contributed by atoms with E-state index in [1.165, 1.54) is 0 Å². The third-order valence-corrected chi connectivity index (χ3v) is 5.45. The number of rotatable bonds is 8. The number of nitrogens with zero attached hydrogens (tertiary/aromatic N) is 2. The van der Waals surface area contributed by atoms with Gasteiger partial charge in [0.15, 0.2) is 0 Å². The maximum Gasteiger partial charge on any atom is 0.407 e. The molecule has 1 aliphatic rings. The van der Waals surface area contributed by atoms with Gasteiger partial charge in [-0.25, -0.2) is 4.79 Å². The lowest BCUT2D eigenvalue weighted by Gasteiger charge is -2.41. The van der Waals surface area contributed by atoms with Gasteiger partial charge < -0.3 is 24.8 Å². The zero-order chi connectivity index (χ0) is 24.8. The van der Waals surface area contributed by atoms with Crippen LogP contribution in [0.1, 0.15) is 60.5 Å². The molecule has 1 aromatic carbocycles. The fourth-order valence-electron chi connectivity index (χ4n) is 3.65. The van der Waals surface area contributed by atoms with Gasteiger partial charge in [-0.1, -0.05) is 12.1 Å². The first-order valence-corrected chi connectivity index (χ1v) is 11.7. The van der Waals surface area contributed by atoms with Crippen LogP contribution in [0.4, 0.5) is 10.5 Å². The smallest absolute Gasteiger partial charge is 0.407 e. The minimum absolute atomic E-state index is 0.161. The number of hydrogen-bond acceptors (Lipinski definition) is 7. The van der Waals surface area contributed by atoms with Gasteiger partial charge in [-0.05, 0) is 72.6 Å². The van der Waals surface area contributed by atoms with E-state index >= 15 is 0 Å². The van der Waals surface area contributed by atoms with Crippen molar-refractivity contribution in [1.82, 2.24) is 10.2 Å². The van der Waals surface area contributed by atoms with Crippen molar-refractivity contribution in [2.45, 2.75) is 84.8 Å². The second-order valence-corrected chi connectivity index (χ2v) is 10.5. The molecule has 0 spiro atoms. The van der Waals surface area contributed by atoms with Crippen molar-refractivity contribution in [2.75, 3.05) is 31.1 Å². The predicted molar refractivity (Wildman–Crippen MR) is 129 cm³/mol. The summed E-state index contributed by atoms with van der Waals surface area (Å²) in [4.78, 5) is 28.4. The van der Waals surface area contributed by atoms with Gasteiger partial charge in [-0.15, -0.1) is 0 Å². The highest BCUT2D eigenvalue weighted by Crippen LogP contribution is 2.22. The van der Waals surface area contributed by atoms with Crippen molar-refractivity contribution in [3.63, 3.8) is 0 Å². The van der Waals surface area contributed by atoms with Crippen LogP contribution in [0.5, 0.6) is 0 Å². The molecule has 0 aromatic heterocycles. The van der Waals surface area contributed by atoms with Crippen LogP contribution in [0.3, 0.4) is 0 Å². The molecule has 0 aliphatic carbocycles. The van der Waals surface area contributed by atoms with Crippen LogP contribution in [-0.4, -0.2) is 71.7 Å². The van der Waals surface area contributed by atoms with Crippen LogP contribution in [0.2, 0.25) is 0 Å². The van der Waals surface area contributed by atoms with Gasteiger partial charge in [0.25, 0.3) is 0 Å². The lowest BCUT2D eigenvalue weighted by Crippen LogP contribution is -2.55. The lowest BCUT2D eigenvalue weighted by molar-refractivity contribution is -0.156. The van der Waals surface area contributed by atoms with E-state index in [2.05, 4.69) is 24.1 Å². The van der Waals surface area contributed by atoms with E-state index < -0.39 is 23.5 Å². The maximum absolute atomic E-state index is 12.3. The van der Waals surface area contributed by atoms with Crippen LogP contribution in [-0.2, 0) is 20.7 Å². The largest absolute Gasteiger partial charge is 0.458 e. The summed E-state index contributed by atoms with van der Waals surface area (Å²) in [6.07, 6.45) is -0.274. The predicted octanol–water partition coefficient (Wildman–Crippen LogP) is 3.31. The lowest BCUT2D eigenvalue weighted by atomic mass is 10.1. The quantitative estimate of drug-likeness (QED) is 0.572. The van der Waals surface area contributed by atoms with Gasteiger partial charge in [-0.3, -0.25) is 9.69 Å². The van der Waals surface area contributed by atoms with E-state index in [9.17, 15) is 14.7 Å². The zero-order valence-electron chi connectivity index (χ0n) is 21.2. The molecule has 2 N–H and O–H groups in total. The molecule has 1 unspecified atom stereocenters. The SMILES string of the molecule is CC(C)N1CCN(c2ccc(CCC(=O)OC(C)(C)CNC(=O)OC(C)(C)C)cc2)C(O)C1. The van der Waals surface area contributed by atoms with Crippen molar-refractivity contribution < 1.29 is 24.2 Å². The summed E-state index contributed by atoms with van der Waals surface area (Å²) in [5.74, 6) is -0.324. The molecule has 1 aliphatic heterocycles. The Bertz CT molecular complexity index is 786. The molecular formula is C25H41N3O5. The first-order chi connectivity index (χ1) is 15.3. The first kappa shape index (κ1) is 26.9. The number of nitrogens with one attached hydrogen (secondary N) is 1. The molecule has 1 heterocycles. The number of aryl methyl sites for hydroxylation is 1. The summed E-state index contributed by atoms with van der Waals surface area (Å²) >= 11 is 0. The highest BCUT2D eigenvalue weighted by molar-refractivity contribution is 5.71. The Morgan fingerprint density at radius 3 is 2.27 bits per heavy atom. The number of aliphatic hydroxyl groups excluding tert-OH is 1. The minimum Gasteiger partial charge on any atom is -0.458 e. The van der Waals surface area contributed by atoms with E-state index in [0.29, 0.717) is 19.0 Å². The summed E-state index contributed by atoms with van der Waals surface area (Å²) in [5.41, 5.74) is 0.579. The number of carbonyl (C=O) groups is 2. The third kappa shape index (κ3) is 9.21. The molecule has 0 bridgehead atoms. The Morgan fingerprint density at radius 2 is 1.73 bits per heavy atom. The van der Waals surface area contributed by atoms with Crippen molar-refractivity contribution in [2.24, 2.45) is 0 Å².